The normalized spacial score (nSPS) is 14.1. The smallest absolute Gasteiger partial charge is 0.457 e. The Morgan fingerprint density at radius 2 is 0.759 bits per heavy atom. The molecule has 0 aromatic carbocycles. The molecule has 0 saturated carbocycles. The third-order valence-electron chi connectivity index (χ3n) is 9.39. The first-order valence-electron chi connectivity index (χ1n) is 21.8. The van der Waals surface area contributed by atoms with Crippen LogP contribution in [0, 0.1) is 0 Å². The molecule has 0 fully saturated rings. The molecule has 0 spiro atoms. The molecule has 0 aliphatic carbocycles. The summed E-state index contributed by atoms with van der Waals surface area (Å²) in [6.45, 7) is 2.19. The van der Waals surface area contributed by atoms with Crippen LogP contribution in [0.4, 0.5) is 0 Å². The largest absolute Gasteiger partial charge is 0.472 e. The van der Waals surface area contributed by atoms with Crippen molar-refractivity contribution in [1.29, 1.82) is 0 Å². The molecule has 0 saturated heterocycles. The molecule has 318 valence electrons. The Bertz CT molecular complexity index is 957. The molecule has 3 atom stereocenters. The number of hydrogen-bond acceptors (Lipinski definition) is 9. The maximum atomic E-state index is 12.4. The third-order valence-corrected chi connectivity index (χ3v) is 10.3. The van der Waals surface area contributed by atoms with Crippen molar-refractivity contribution in [2.75, 3.05) is 26.4 Å². The number of phosphoric acid groups is 1. The maximum absolute atomic E-state index is 12.4. The molecular weight excluding hydrogens is 707 g/mol. The van der Waals surface area contributed by atoms with Crippen molar-refractivity contribution in [3.05, 3.63) is 24.3 Å². The number of aliphatic hydroxyl groups is 2. The van der Waals surface area contributed by atoms with E-state index in [4.69, 9.17) is 18.5 Å². The van der Waals surface area contributed by atoms with Crippen molar-refractivity contribution in [2.45, 2.75) is 212 Å². The van der Waals surface area contributed by atoms with Crippen molar-refractivity contribution >= 4 is 19.8 Å². The van der Waals surface area contributed by atoms with Crippen molar-refractivity contribution in [2.24, 2.45) is 0 Å². The molecule has 3 unspecified atom stereocenters. The fourth-order valence-corrected chi connectivity index (χ4v) is 6.77. The number of allylic oxidation sites excluding steroid dienone is 4. The van der Waals surface area contributed by atoms with E-state index in [0.717, 1.165) is 64.2 Å². The van der Waals surface area contributed by atoms with E-state index >= 15 is 0 Å². The topological polar surface area (TPSA) is 149 Å². The van der Waals surface area contributed by atoms with E-state index in [-0.39, 0.29) is 12.8 Å². The summed E-state index contributed by atoms with van der Waals surface area (Å²) in [5.41, 5.74) is 0. The van der Waals surface area contributed by atoms with Gasteiger partial charge >= 0.3 is 19.8 Å². The van der Waals surface area contributed by atoms with E-state index in [0.29, 0.717) is 12.8 Å². The minimum Gasteiger partial charge on any atom is -0.457 e. The summed E-state index contributed by atoms with van der Waals surface area (Å²) < 4.78 is 32.5. The molecule has 0 rings (SSSR count). The Kier molecular flexibility index (Phi) is 38.5. The van der Waals surface area contributed by atoms with Gasteiger partial charge in [-0.25, -0.2) is 4.57 Å². The minimum absolute atomic E-state index is 0.183. The second-order valence-corrected chi connectivity index (χ2v) is 16.1. The Labute approximate surface area is 329 Å². The summed E-state index contributed by atoms with van der Waals surface area (Å²) in [5.74, 6) is -1.03. The molecule has 0 amide bonds. The number of phosphoric ester groups is 1. The molecule has 0 aliphatic heterocycles. The van der Waals surface area contributed by atoms with Gasteiger partial charge in [-0.3, -0.25) is 18.6 Å². The Morgan fingerprint density at radius 3 is 1.06 bits per heavy atom. The number of carbonyl (C=O) groups is 2. The number of hydrogen-bond donors (Lipinski definition) is 3. The first-order chi connectivity index (χ1) is 26.3. The highest BCUT2D eigenvalue weighted by molar-refractivity contribution is 7.47. The summed E-state index contributed by atoms with van der Waals surface area (Å²) in [4.78, 5) is 34.5. The van der Waals surface area contributed by atoms with Crippen LogP contribution in [0.1, 0.15) is 200 Å². The lowest BCUT2D eigenvalue weighted by atomic mass is 10.1. The predicted molar refractivity (Wildman–Crippen MR) is 219 cm³/mol. The van der Waals surface area contributed by atoms with Crippen LogP contribution >= 0.6 is 7.82 Å². The van der Waals surface area contributed by atoms with Crippen LogP contribution in [0.15, 0.2) is 24.3 Å². The van der Waals surface area contributed by atoms with Crippen LogP contribution in [-0.2, 0) is 32.7 Å². The molecule has 0 heterocycles. The predicted octanol–water partition coefficient (Wildman–Crippen LogP) is 11.4. The van der Waals surface area contributed by atoms with Gasteiger partial charge in [0.25, 0.3) is 0 Å². The summed E-state index contributed by atoms with van der Waals surface area (Å²) in [6, 6.07) is 0. The van der Waals surface area contributed by atoms with E-state index < -0.39 is 58.4 Å². The number of aliphatic hydroxyl groups excluding tert-OH is 2. The molecule has 11 heteroatoms. The fraction of sp³-hybridized carbons (Fsp3) is 0.860. The molecule has 0 bridgehead atoms. The molecule has 0 aliphatic rings. The zero-order valence-corrected chi connectivity index (χ0v) is 35.3. The van der Waals surface area contributed by atoms with Gasteiger partial charge in [-0.2, -0.15) is 0 Å². The van der Waals surface area contributed by atoms with Crippen molar-refractivity contribution in [1.82, 2.24) is 0 Å². The highest BCUT2D eigenvalue weighted by atomic mass is 31.2. The second kappa shape index (κ2) is 39.7. The lowest BCUT2D eigenvalue weighted by Crippen LogP contribution is -2.28. The molecule has 54 heavy (non-hydrogen) atoms. The van der Waals surface area contributed by atoms with Gasteiger partial charge in [-0.15, -0.1) is 0 Å². The van der Waals surface area contributed by atoms with Crippen LogP contribution < -0.4 is 0 Å². The lowest BCUT2D eigenvalue weighted by molar-refractivity contribution is -0.153. The van der Waals surface area contributed by atoms with Crippen molar-refractivity contribution in [3.8, 4) is 0 Å². The average Bonchev–Trinajstić information content (AvgIpc) is 3.16. The summed E-state index contributed by atoms with van der Waals surface area (Å²) in [6.07, 6.45) is 38.6. The molecule has 3 N–H and O–H groups in total. The van der Waals surface area contributed by atoms with E-state index in [1.54, 1.807) is 0 Å². The van der Waals surface area contributed by atoms with Crippen molar-refractivity contribution in [3.63, 3.8) is 0 Å². The van der Waals surface area contributed by atoms with E-state index in [2.05, 4.69) is 38.2 Å². The Balaban J connectivity index is 3.93. The van der Waals surface area contributed by atoms with Gasteiger partial charge in [0.15, 0.2) is 0 Å². The third kappa shape index (κ3) is 37.4. The maximum Gasteiger partial charge on any atom is 0.472 e. The number of rotatable bonds is 41. The van der Waals surface area contributed by atoms with Gasteiger partial charge in [0.05, 0.1) is 26.4 Å². The van der Waals surface area contributed by atoms with Crippen LogP contribution in [0.5, 0.6) is 0 Å². The van der Waals surface area contributed by atoms with Gasteiger partial charge < -0.3 is 24.6 Å². The van der Waals surface area contributed by atoms with Gasteiger partial charge in [0.1, 0.15) is 12.2 Å². The molecular formula is C43H81O10P. The fourth-order valence-electron chi connectivity index (χ4n) is 5.99. The van der Waals surface area contributed by atoms with Gasteiger partial charge in [-0.1, -0.05) is 147 Å². The van der Waals surface area contributed by atoms with E-state index in [1.807, 2.05) is 0 Å². The zero-order valence-electron chi connectivity index (χ0n) is 34.4. The van der Waals surface area contributed by atoms with Gasteiger partial charge in [0.2, 0.25) is 0 Å². The highest BCUT2D eigenvalue weighted by Gasteiger charge is 2.27. The molecule has 0 aromatic heterocycles. The summed E-state index contributed by atoms with van der Waals surface area (Å²) in [7, 11) is -4.64. The monoisotopic (exact) mass is 789 g/mol. The SMILES string of the molecule is CCCCCCC/C=C\CCCCCCCC(=O)OC(CO)COP(=O)(O)OCC(CO)OC(=O)CCCCCCCCC/C=C\CCCCCCCC. The first kappa shape index (κ1) is 52.5. The summed E-state index contributed by atoms with van der Waals surface area (Å²) in [5, 5.41) is 19.1. The average molecular weight is 789 g/mol. The van der Waals surface area contributed by atoms with Crippen LogP contribution in [-0.4, -0.2) is 65.7 Å². The standard InChI is InChI=1S/C43H81O10P/c1-3-5-7-9-11-13-15-17-19-20-21-23-25-27-29-31-33-35-43(47)53-41(37-45)39-51-54(48,49)50-38-40(36-44)52-42(46)34-32-30-28-26-24-22-18-16-14-12-10-8-6-4-2/h16-19,40-41,44-45H,3-15,20-39H2,1-2H3,(H,48,49)/b18-16-,19-17-. The van der Waals surface area contributed by atoms with Gasteiger partial charge in [0, 0.05) is 12.8 Å². The molecule has 0 radical (unpaired) electrons. The van der Waals surface area contributed by atoms with Gasteiger partial charge in [-0.05, 0) is 64.2 Å². The van der Waals surface area contributed by atoms with Crippen molar-refractivity contribution < 1.29 is 47.8 Å². The van der Waals surface area contributed by atoms with E-state index in [1.165, 1.54) is 96.3 Å². The zero-order chi connectivity index (χ0) is 39.8. The Morgan fingerprint density at radius 1 is 0.481 bits per heavy atom. The highest BCUT2D eigenvalue weighted by Crippen LogP contribution is 2.43. The number of carbonyl (C=O) groups excluding carboxylic acids is 2. The number of unbranched alkanes of at least 4 members (excludes halogenated alkanes) is 23. The minimum atomic E-state index is -4.64. The summed E-state index contributed by atoms with van der Waals surface area (Å²) >= 11 is 0. The Hall–Kier alpha value is -1.55. The van der Waals surface area contributed by atoms with Crippen LogP contribution in [0.2, 0.25) is 0 Å². The second-order valence-electron chi connectivity index (χ2n) is 14.7. The molecule has 10 nitrogen and oxygen atoms in total. The number of ether oxygens (including phenoxy) is 2. The van der Waals surface area contributed by atoms with Crippen LogP contribution in [0.3, 0.4) is 0 Å². The molecule has 0 aromatic rings. The lowest BCUT2D eigenvalue weighted by Gasteiger charge is -2.20. The van der Waals surface area contributed by atoms with E-state index in [9.17, 15) is 29.3 Å². The number of esters is 2. The first-order valence-corrected chi connectivity index (χ1v) is 23.3. The quantitative estimate of drug-likeness (QED) is 0.0236. The van der Waals surface area contributed by atoms with Crippen LogP contribution in [0.25, 0.3) is 0 Å².